The number of hydrogen-bond acceptors (Lipinski definition) is 7. The number of carbonyl (C=O) groups excluding carboxylic acids is 1. The van der Waals surface area contributed by atoms with E-state index in [1.165, 1.54) is 0 Å². The molecule has 31 heavy (non-hydrogen) atoms. The number of nitrogen functional groups attached to an aromatic ring is 1. The monoisotopic (exact) mass is 541 g/mol. The van der Waals surface area contributed by atoms with Crippen LogP contribution in [-0.2, 0) is 6.54 Å². The molecule has 3 aromatic heterocycles. The van der Waals surface area contributed by atoms with E-state index in [1.54, 1.807) is 47.6 Å². The molecule has 1 amide bonds. The third kappa shape index (κ3) is 4.70. The summed E-state index contributed by atoms with van der Waals surface area (Å²) in [4.78, 5) is 28.2. The average Bonchev–Trinajstić information content (AvgIpc) is 2.79. The maximum Gasteiger partial charge on any atom is 0.254 e. The molecule has 0 aliphatic carbocycles. The summed E-state index contributed by atoms with van der Waals surface area (Å²) in [7, 11) is 0. The molecule has 0 fully saturated rings. The number of hydrogen-bond donors (Lipinski definition) is 1. The van der Waals surface area contributed by atoms with Gasteiger partial charge in [0.25, 0.3) is 5.91 Å². The molecular formula is C21H17Br2N7O. The van der Waals surface area contributed by atoms with Crippen molar-refractivity contribution in [3.63, 3.8) is 0 Å². The van der Waals surface area contributed by atoms with E-state index in [4.69, 9.17) is 5.73 Å². The highest BCUT2D eigenvalue weighted by molar-refractivity contribution is 9.10. The summed E-state index contributed by atoms with van der Waals surface area (Å²) in [6, 6.07) is 12.1. The Balaban J connectivity index is 1.72. The molecular weight excluding hydrogens is 526 g/mol. The molecule has 4 aromatic rings. The predicted molar refractivity (Wildman–Crippen MR) is 124 cm³/mol. The molecule has 8 nitrogen and oxygen atoms in total. The number of nitrogens with zero attached hydrogens (tertiary/aromatic N) is 6. The van der Waals surface area contributed by atoms with Crippen molar-refractivity contribution < 1.29 is 4.79 Å². The molecule has 0 saturated heterocycles. The molecule has 1 unspecified atom stereocenters. The molecule has 0 radical (unpaired) electrons. The molecule has 1 atom stereocenters. The zero-order valence-corrected chi connectivity index (χ0v) is 19.6. The van der Waals surface area contributed by atoms with Crippen LogP contribution >= 0.6 is 31.9 Å². The third-order valence-electron chi connectivity index (χ3n) is 4.75. The predicted octanol–water partition coefficient (Wildman–Crippen LogP) is 4.33. The van der Waals surface area contributed by atoms with E-state index < -0.39 is 0 Å². The molecule has 10 heteroatoms. The Morgan fingerprint density at radius 3 is 2.58 bits per heavy atom. The van der Waals surface area contributed by atoms with Crippen LogP contribution in [0.3, 0.4) is 0 Å². The van der Waals surface area contributed by atoms with Gasteiger partial charge in [0.2, 0.25) is 0 Å². The summed E-state index contributed by atoms with van der Waals surface area (Å²) in [5.41, 5.74) is 7.74. The van der Waals surface area contributed by atoms with Crippen molar-refractivity contribution in [2.45, 2.75) is 19.5 Å². The summed E-state index contributed by atoms with van der Waals surface area (Å²) in [6.45, 7) is 2.14. The Hall–Kier alpha value is -2.98. The van der Waals surface area contributed by atoms with E-state index >= 15 is 0 Å². The van der Waals surface area contributed by atoms with Gasteiger partial charge in [0.1, 0.15) is 16.2 Å². The number of amides is 1. The second-order valence-electron chi connectivity index (χ2n) is 6.83. The Labute approximate surface area is 195 Å². The topological polar surface area (TPSA) is 111 Å². The van der Waals surface area contributed by atoms with Crippen LogP contribution in [0.25, 0.3) is 10.9 Å². The minimum absolute atomic E-state index is 0.181. The van der Waals surface area contributed by atoms with Crippen LogP contribution in [0.2, 0.25) is 0 Å². The normalized spacial score (nSPS) is 12.0. The number of rotatable bonds is 5. The summed E-state index contributed by atoms with van der Waals surface area (Å²) < 4.78 is 1.30. The number of aromatic nitrogens is 5. The van der Waals surface area contributed by atoms with Crippen molar-refractivity contribution in [3.05, 3.63) is 81.0 Å². The first-order valence-corrected chi connectivity index (χ1v) is 10.9. The Kier molecular flexibility index (Phi) is 6.19. The van der Waals surface area contributed by atoms with E-state index in [0.717, 1.165) is 5.39 Å². The van der Waals surface area contributed by atoms with Crippen LogP contribution in [0.5, 0.6) is 0 Å². The Bertz CT molecular complexity index is 1240. The van der Waals surface area contributed by atoms with Crippen molar-refractivity contribution in [1.82, 2.24) is 30.0 Å². The number of nitrogens with two attached hydrogens (primary N) is 1. The summed E-state index contributed by atoms with van der Waals surface area (Å²) in [6.07, 6.45) is 3.31. The first-order chi connectivity index (χ1) is 14.9. The quantitative estimate of drug-likeness (QED) is 0.399. The molecule has 0 bridgehead atoms. The highest BCUT2D eigenvalue weighted by atomic mass is 79.9. The zero-order valence-electron chi connectivity index (χ0n) is 16.4. The Morgan fingerprint density at radius 1 is 1.10 bits per heavy atom. The van der Waals surface area contributed by atoms with Gasteiger partial charge in [0.05, 0.1) is 28.3 Å². The van der Waals surface area contributed by atoms with Crippen molar-refractivity contribution in [2.24, 2.45) is 0 Å². The smallest absolute Gasteiger partial charge is 0.254 e. The summed E-state index contributed by atoms with van der Waals surface area (Å²) >= 11 is 6.68. The van der Waals surface area contributed by atoms with Gasteiger partial charge in [-0.25, -0.2) is 15.0 Å². The van der Waals surface area contributed by atoms with E-state index in [0.29, 0.717) is 37.5 Å². The number of carbonyl (C=O) groups is 1. The molecule has 1 aromatic carbocycles. The maximum atomic E-state index is 13.6. The molecule has 2 N–H and O–H groups in total. The molecule has 156 valence electrons. The van der Waals surface area contributed by atoms with E-state index in [-0.39, 0.29) is 18.5 Å². The largest absolute Gasteiger partial charge is 0.383 e. The SMILES string of the molecule is CC(c1ncccn1)N(Cc1ccc(Br)nn1)C(=O)c1ccc2nc(N)c(Br)cc2c1. The fraction of sp³-hybridized carbons (Fsp3) is 0.143. The number of benzene rings is 1. The van der Waals surface area contributed by atoms with Gasteiger partial charge in [-0.3, -0.25) is 4.79 Å². The van der Waals surface area contributed by atoms with E-state index in [1.807, 2.05) is 19.1 Å². The van der Waals surface area contributed by atoms with E-state index in [2.05, 4.69) is 57.0 Å². The van der Waals surface area contributed by atoms with Gasteiger partial charge in [-0.2, -0.15) is 5.10 Å². The lowest BCUT2D eigenvalue weighted by molar-refractivity contribution is 0.0663. The van der Waals surface area contributed by atoms with Gasteiger partial charge < -0.3 is 10.6 Å². The van der Waals surface area contributed by atoms with Gasteiger partial charge >= 0.3 is 0 Å². The van der Waals surface area contributed by atoms with Crippen LogP contribution in [0.4, 0.5) is 5.82 Å². The van der Waals surface area contributed by atoms with Crippen molar-refractivity contribution in [2.75, 3.05) is 5.73 Å². The minimum atomic E-state index is -0.383. The van der Waals surface area contributed by atoms with Crippen LogP contribution in [0.15, 0.2) is 63.9 Å². The van der Waals surface area contributed by atoms with Crippen LogP contribution in [0.1, 0.15) is 34.8 Å². The van der Waals surface area contributed by atoms with Gasteiger partial charge in [0.15, 0.2) is 0 Å². The van der Waals surface area contributed by atoms with Gasteiger partial charge in [-0.1, -0.05) is 0 Å². The van der Waals surface area contributed by atoms with E-state index in [9.17, 15) is 4.79 Å². The second kappa shape index (κ2) is 9.03. The first kappa shape index (κ1) is 21.3. The molecule has 0 aliphatic heterocycles. The lowest BCUT2D eigenvalue weighted by Crippen LogP contribution is -2.34. The minimum Gasteiger partial charge on any atom is -0.383 e. The maximum absolute atomic E-state index is 13.6. The molecule has 0 aliphatic rings. The lowest BCUT2D eigenvalue weighted by Gasteiger charge is -2.28. The van der Waals surface area contributed by atoms with Crippen molar-refractivity contribution >= 4 is 54.5 Å². The lowest BCUT2D eigenvalue weighted by atomic mass is 10.1. The van der Waals surface area contributed by atoms with Crippen LogP contribution in [-0.4, -0.2) is 36.0 Å². The molecule has 4 rings (SSSR count). The number of halogens is 2. The van der Waals surface area contributed by atoms with Gasteiger partial charge in [0, 0.05) is 23.3 Å². The molecule has 3 heterocycles. The zero-order chi connectivity index (χ0) is 22.0. The Morgan fingerprint density at radius 2 is 1.87 bits per heavy atom. The van der Waals surface area contributed by atoms with Crippen molar-refractivity contribution in [3.8, 4) is 0 Å². The fourth-order valence-corrected chi connectivity index (χ4v) is 3.66. The highest BCUT2D eigenvalue weighted by Gasteiger charge is 2.26. The molecule has 0 spiro atoms. The third-order valence-corrected chi connectivity index (χ3v) is 5.81. The second-order valence-corrected chi connectivity index (χ2v) is 8.49. The van der Waals surface area contributed by atoms with Crippen LogP contribution < -0.4 is 5.73 Å². The van der Waals surface area contributed by atoms with Crippen LogP contribution in [0, 0.1) is 0 Å². The van der Waals surface area contributed by atoms with Gasteiger partial charge in [-0.15, -0.1) is 5.10 Å². The highest BCUT2D eigenvalue weighted by Crippen LogP contribution is 2.26. The summed E-state index contributed by atoms with van der Waals surface area (Å²) in [5, 5.41) is 9.01. The average molecular weight is 543 g/mol. The number of anilines is 1. The number of pyridine rings is 1. The molecule has 0 saturated carbocycles. The summed E-state index contributed by atoms with van der Waals surface area (Å²) in [5.74, 6) is 0.760. The first-order valence-electron chi connectivity index (χ1n) is 9.34. The number of fused-ring (bicyclic) bond motifs is 1. The van der Waals surface area contributed by atoms with Crippen molar-refractivity contribution in [1.29, 1.82) is 0 Å². The fourth-order valence-electron chi connectivity index (χ4n) is 3.12. The standard InChI is InChI=1S/C21H17Br2N7O/c1-12(20-25-7-2-8-26-20)30(11-15-4-6-18(23)29-28-15)21(31)13-3-5-17-14(9-13)10-16(22)19(24)27-17/h2-10,12H,11H2,1H3,(H2,24,27). The van der Waals surface area contributed by atoms with Gasteiger partial charge in [-0.05, 0) is 81.2 Å².